The second kappa shape index (κ2) is 5.56. The lowest BCUT2D eigenvalue weighted by atomic mass is 9.87. The van der Waals surface area contributed by atoms with Crippen molar-refractivity contribution in [3.8, 4) is 0 Å². The third-order valence-corrected chi connectivity index (χ3v) is 3.20. The van der Waals surface area contributed by atoms with Crippen LogP contribution in [0.15, 0.2) is 18.2 Å². The number of amides is 1. The fraction of sp³-hybridized carbons (Fsp3) is 0.429. The summed E-state index contributed by atoms with van der Waals surface area (Å²) in [7, 11) is 0. The van der Waals surface area contributed by atoms with Crippen LogP contribution in [0, 0.1) is 11.6 Å². The van der Waals surface area contributed by atoms with Crippen LogP contribution in [0.2, 0.25) is 0 Å². The van der Waals surface area contributed by atoms with Gasteiger partial charge in [-0.3, -0.25) is 4.79 Å². The van der Waals surface area contributed by atoms with Crippen LogP contribution in [0.25, 0.3) is 0 Å². The van der Waals surface area contributed by atoms with E-state index in [9.17, 15) is 23.5 Å². The quantitative estimate of drug-likeness (QED) is 0.924. The molecule has 6 heteroatoms. The van der Waals surface area contributed by atoms with E-state index in [1.165, 1.54) is 6.92 Å². The van der Waals surface area contributed by atoms with Crippen LogP contribution in [-0.4, -0.2) is 27.9 Å². The van der Waals surface area contributed by atoms with Crippen LogP contribution in [0.1, 0.15) is 33.3 Å². The molecular weight excluding hydrogens is 268 g/mol. The zero-order chi connectivity index (χ0) is 15.7. The van der Waals surface area contributed by atoms with Gasteiger partial charge in [0, 0.05) is 13.0 Å². The van der Waals surface area contributed by atoms with E-state index in [1.54, 1.807) is 13.8 Å². The lowest BCUT2D eigenvalue weighted by molar-refractivity contribution is -0.161. The number of hydrogen-bond donors (Lipinski definition) is 1. The van der Waals surface area contributed by atoms with Crippen molar-refractivity contribution in [3.05, 3.63) is 35.4 Å². The van der Waals surface area contributed by atoms with Gasteiger partial charge in [0.1, 0.15) is 11.6 Å². The number of halogens is 2. The molecule has 1 atom stereocenters. The molecule has 0 fully saturated rings. The molecule has 0 aliphatic rings. The van der Waals surface area contributed by atoms with Gasteiger partial charge >= 0.3 is 5.97 Å². The topological polar surface area (TPSA) is 57.6 Å². The van der Waals surface area contributed by atoms with Crippen molar-refractivity contribution in [3.63, 3.8) is 0 Å². The van der Waals surface area contributed by atoms with Gasteiger partial charge in [0.2, 0.25) is 5.91 Å². The summed E-state index contributed by atoms with van der Waals surface area (Å²) in [5, 5.41) is 9.48. The molecule has 0 aliphatic carbocycles. The molecule has 1 rings (SSSR count). The maximum atomic E-state index is 14.0. The highest BCUT2D eigenvalue weighted by Crippen LogP contribution is 2.34. The Morgan fingerprint density at radius 2 is 1.70 bits per heavy atom. The van der Waals surface area contributed by atoms with E-state index in [2.05, 4.69) is 0 Å². The lowest BCUT2D eigenvalue weighted by Crippen LogP contribution is -2.55. The Bertz CT molecular complexity index is 525. The molecule has 0 saturated carbocycles. The number of carbonyl (C=O) groups excluding carboxylic acids is 1. The highest BCUT2D eigenvalue weighted by atomic mass is 19.1. The van der Waals surface area contributed by atoms with E-state index in [-0.39, 0.29) is 0 Å². The Balaban J connectivity index is 3.66. The Labute approximate surface area is 116 Å². The normalized spacial score (nSPS) is 13.9. The summed E-state index contributed by atoms with van der Waals surface area (Å²) in [6, 6.07) is 2.55. The predicted molar refractivity (Wildman–Crippen MR) is 69.0 cm³/mol. The van der Waals surface area contributed by atoms with Crippen molar-refractivity contribution in [2.24, 2.45) is 0 Å². The summed E-state index contributed by atoms with van der Waals surface area (Å²) in [5.41, 5.74) is -2.76. The van der Waals surface area contributed by atoms with E-state index < -0.39 is 40.7 Å². The van der Waals surface area contributed by atoms with Crippen LogP contribution in [0.4, 0.5) is 8.78 Å². The predicted octanol–water partition coefficient (Wildman–Crippen LogP) is 2.52. The molecule has 1 N–H and O–H groups in total. The maximum Gasteiger partial charge on any atom is 0.334 e. The van der Waals surface area contributed by atoms with Crippen molar-refractivity contribution in [2.45, 2.75) is 39.3 Å². The SMILES string of the molecule is CC(=O)N(C(C)C)C(C)(C(=O)O)c1c(F)cccc1F. The molecule has 1 amide bonds. The molecule has 4 nitrogen and oxygen atoms in total. The first kappa shape index (κ1) is 16.1. The molecule has 1 aromatic carbocycles. The third kappa shape index (κ3) is 2.50. The minimum Gasteiger partial charge on any atom is -0.479 e. The Kier molecular flexibility index (Phi) is 4.47. The largest absolute Gasteiger partial charge is 0.479 e. The average Bonchev–Trinajstić information content (AvgIpc) is 2.26. The third-order valence-electron chi connectivity index (χ3n) is 3.20. The molecule has 0 saturated heterocycles. The van der Waals surface area contributed by atoms with Gasteiger partial charge in [0.05, 0.1) is 5.56 Å². The van der Waals surface area contributed by atoms with Gasteiger partial charge in [-0.2, -0.15) is 0 Å². The molecule has 1 aromatic rings. The van der Waals surface area contributed by atoms with Gasteiger partial charge in [-0.15, -0.1) is 0 Å². The minimum atomic E-state index is -2.12. The van der Waals surface area contributed by atoms with Crippen molar-refractivity contribution in [2.75, 3.05) is 0 Å². The summed E-state index contributed by atoms with van der Waals surface area (Å²) in [6.07, 6.45) is 0. The zero-order valence-corrected chi connectivity index (χ0v) is 11.8. The van der Waals surface area contributed by atoms with E-state index in [4.69, 9.17) is 0 Å². The number of carboxylic acids is 1. The molecule has 0 spiro atoms. The lowest BCUT2D eigenvalue weighted by Gasteiger charge is -2.40. The van der Waals surface area contributed by atoms with E-state index in [1.807, 2.05) is 0 Å². The second-order valence-electron chi connectivity index (χ2n) is 4.96. The number of aliphatic carboxylic acids is 1. The fourth-order valence-electron chi connectivity index (χ4n) is 2.49. The molecule has 110 valence electrons. The van der Waals surface area contributed by atoms with Gasteiger partial charge in [-0.1, -0.05) is 6.07 Å². The zero-order valence-electron chi connectivity index (χ0n) is 11.8. The number of benzene rings is 1. The van der Waals surface area contributed by atoms with E-state index in [0.717, 1.165) is 30.0 Å². The summed E-state index contributed by atoms with van der Waals surface area (Å²) in [5.74, 6) is -4.07. The smallest absolute Gasteiger partial charge is 0.334 e. The van der Waals surface area contributed by atoms with Crippen molar-refractivity contribution >= 4 is 11.9 Å². The number of carbonyl (C=O) groups is 2. The summed E-state index contributed by atoms with van der Waals surface area (Å²) >= 11 is 0. The van der Waals surface area contributed by atoms with E-state index >= 15 is 0 Å². The van der Waals surface area contributed by atoms with Gasteiger partial charge in [-0.05, 0) is 32.9 Å². The molecule has 20 heavy (non-hydrogen) atoms. The van der Waals surface area contributed by atoms with Crippen molar-refractivity contribution in [1.82, 2.24) is 4.90 Å². The Morgan fingerprint density at radius 3 is 2.00 bits per heavy atom. The van der Waals surface area contributed by atoms with Crippen molar-refractivity contribution < 1.29 is 23.5 Å². The fourth-order valence-corrected chi connectivity index (χ4v) is 2.49. The second-order valence-corrected chi connectivity index (χ2v) is 4.96. The number of nitrogens with zero attached hydrogens (tertiary/aromatic N) is 1. The van der Waals surface area contributed by atoms with Gasteiger partial charge in [0.15, 0.2) is 5.54 Å². The first-order valence-electron chi connectivity index (χ1n) is 6.11. The Morgan fingerprint density at radius 1 is 1.25 bits per heavy atom. The van der Waals surface area contributed by atoms with Crippen LogP contribution in [0.3, 0.4) is 0 Å². The van der Waals surface area contributed by atoms with Gasteiger partial charge < -0.3 is 10.0 Å². The number of carboxylic acid groups (broad SMARTS) is 1. The molecule has 0 heterocycles. The maximum absolute atomic E-state index is 14.0. The van der Waals surface area contributed by atoms with Crippen LogP contribution in [0.5, 0.6) is 0 Å². The Hall–Kier alpha value is -1.98. The molecule has 1 unspecified atom stereocenters. The monoisotopic (exact) mass is 285 g/mol. The molecule has 0 bridgehead atoms. The van der Waals surface area contributed by atoms with Crippen LogP contribution < -0.4 is 0 Å². The molecule has 0 radical (unpaired) electrons. The standard InChI is InChI=1S/C14H17F2NO3/c1-8(2)17(9(3)18)14(4,13(19)20)12-10(15)6-5-7-11(12)16/h5-8H,1-4H3,(H,19,20). The minimum absolute atomic E-state index is 0.535. The molecule has 0 aromatic heterocycles. The highest BCUT2D eigenvalue weighted by molar-refractivity contribution is 5.87. The van der Waals surface area contributed by atoms with Gasteiger partial charge in [0.25, 0.3) is 0 Å². The summed E-state index contributed by atoms with van der Waals surface area (Å²) < 4.78 is 27.9. The van der Waals surface area contributed by atoms with Crippen LogP contribution in [-0.2, 0) is 15.1 Å². The summed E-state index contributed by atoms with van der Waals surface area (Å²) in [4.78, 5) is 24.4. The first-order chi connectivity index (χ1) is 9.13. The first-order valence-corrected chi connectivity index (χ1v) is 6.11. The average molecular weight is 285 g/mol. The highest BCUT2D eigenvalue weighted by Gasteiger charge is 2.47. The van der Waals surface area contributed by atoms with Crippen LogP contribution >= 0.6 is 0 Å². The number of rotatable bonds is 4. The van der Waals surface area contributed by atoms with Gasteiger partial charge in [-0.25, -0.2) is 13.6 Å². The molecular formula is C14H17F2NO3. The van der Waals surface area contributed by atoms with E-state index in [0.29, 0.717) is 0 Å². The molecule has 0 aliphatic heterocycles. The summed E-state index contributed by atoms with van der Waals surface area (Å²) in [6.45, 7) is 5.46. The van der Waals surface area contributed by atoms with Crippen molar-refractivity contribution in [1.29, 1.82) is 0 Å². The number of hydrogen-bond acceptors (Lipinski definition) is 2.